The lowest BCUT2D eigenvalue weighted by molar-refractivity contribution is 0.0695. The fraction of sp³-hybridized carbons (Fsp3) is 0.158. The van der Waals surface area contributed by atoms with Gasteiger partial charge in [-0.25, -0.2) is 9.59 Å². The molecule has 9 aromatic rings. The van der Waals surface area contributed by atoms with Crippen LogP contribution in [0.3, 0.4) is 0 Å². The number of hydrogen-bond donors (Lipinski definition) is 6. The number of halogens is 5. The summed E-state index contributed by atoms with van der Waals surface area (Å²) in [6.45, 7) is 1.62. The third-order valence-corrected chi connectivity index (χ3v) is 17.9. The molecule has 3 atom stereocenters. The number of nitrogens with one attached hydrogen (secondary N) is 1. The van der Waals surface area contributed by atoms with Crippen LogP contribution in [-0.4, -0.2) is 97.0 Å². The van der Waals surface area contributed by atoms with E-state index in [1.165, 1.54) is 33.7 Å². The number of carboxylic acids is 2. The highest BCUT2D eigenvalue weighted by Gasteiger charge is 2.38. The van der Waals surface area contributed by atoms with Crippen molar-refractivity contribution in [3.63, 3.8) is 0 Å². The first-order chi connectivity index (χ1) is 37.9. The Morgan fingerprint density at radius 1 is 0.481 bits per heavy atom. The van der Waals surface area contributed by atoms with Gasteiger partial charge in [0.05, 0.1) is 32.3 Å². The third-order valence-electron chi connectivity index (χ3n) is 13.5. The van der Waals surface area contributed by atoms with Gasteiger partial charge in [0.2, 0.25) is 0 Å². The van der Waals surface area contributed by atoms with Crippen molar-refractivity contribution in [1.82, 2.24) is 0 Å². The molecule has 3 aliphatic rings. The van der Waals surface area contributed by atoms with Gasteiger partial charge in [-0.15, -0.1) is 68.8 Å². The summed E-state index contributed by atoms with van der Waals surface area (Å²) < 4.78 is 0. The van der Waals surface area contributed by atoms with Crippen LogP contribution in [0.25, 0.3) is 32.3 Å². The number of nitrogens with zero attached hydrogens (tertiary/aromatic N) is 2. The van der Waals surface area contributed by atoms with Crippen molar-refractivity contribution in [2.45, 2.75) is 17.8 Å². The molecule has 14 nitrogen and oxygen atoms in total. The number of alkyl halides is 3. The van der Waals surface area contributed by atoms with Gasteiger partial charge in [-0.2, -0.15) is 0 Å². The van der Waals surface area contributed by atoms with Gasteiger partial charge in [-0.1, -0.05) is 72.8 Å². The minimum absolute atomic E-state index is 0.0207. The molecule has 0 saturated heterocycles. The zero-order valence-electron chi connectivity index (χ0n) is 40.8. The Morgan fingerprint density at radius 2 is 0.899 bits per heavy atom. The molecule has 0 spiro atoms. The maximum absolute atomic E-state index is 13.8. The van der Waals surface area contributed by atoms with Crippen molar-refractivity contribution in [1.29, 1.82) is 0 Å². The van der Waals surface area contributed by atoms with Crippen LogP contribution in [-0.2, 0) is 0 Å². The van der Waals surface area contributed by atoms with Crippen molar-refractivity contribution in [2.75, 3.05) is 52.4 Å². The minimum Gasteiger partial charge on any atom is -0.507 e. The number of phenolic OH excluding ortho intramolecular Hbond substituents is 3. The first-order valence-corrected chi connectivity index (χ1v) is 28.8. The summed E-state index contributed by atoms with van der Waals surface area (Å²) in [4.78, 5) is 73.2. The molecule has 0 unspecified atom stereocenters. The summed E-state index contributed by atoms with van der Waals surface area (Å²) in [6, 6.07) is 32.2. The van der Waals surface area contributed by atoms with E-state index in [4.69, 9.17) is 68.2 Å². The summed E-state index contributed by atoms with van der Waals surface area (Å²) in [7, 11) is 0. The van der Waals surface area contributed by atoms with Crippen molar-refractivity contribution in [3.8, 4) is 17.2 Å². The van der Waals surface area contributed by atoms with Gasteiger partial charge in [-0.05, 0) is 74.3 Å². The van der Waals surface area contributed by atoms with E-state index in [2.05, 4.69) is 5.32 Å². The van der Waals surface area contributed by atoms with Crippen LogP contribution in [0.2, 0.25) is 0 Å². The van der Waals surface area contributed by atoms with Crippen LogP contribution >= 0.6 is 92.0 Å². The summed E-state index contributed by atoms with van der Waals surface area (Å²) in [5.41, 5.74) is 6.14. The molecule has 6 heterocycles. The topological polar surface area (TPSA) is 222 Å². The number of fused-ring (bicyclic) bond motifs is 9. The van der Waals surface area contributed by atoms with Crippen molar-refractivity contribution in [2.24, 2.45) is 0 Å². The molecule has 3 aromatic heterocycles. The Kier molecular flexibility index (Phi) is 17.4. The number of rotatable bonds is 9. The number of aromatic hydroxyl groups is 3. The van der Waals surface area contributed by atoms with E-state index >= 15 is 0 Å². The molecule has 6 N–H and O–H groups in total. The van der Waals surface area contributed by atoms with Crippen molar-refractivity contribution in [3.05, 3.63) is 173 Å². The second-order valence-electron chi connectivity index (χ2n) is 18.2. The summed E-state index contributed by atoms with van der Waals surface area (Å²) in [5, 5.41) is 60.0. The molecule has 0 saturated carbocycles. The third kappa shape index (κ3) is 11.5. The van der Waals surface area contributed by atoms with Crippen LogP contribution in [0.1, 0.15) is 94.5 Å². The molecular weight excluding hydrogens is 1180 g/mol. The highest BCUT2D eigenvalue weighted by Crippen LogP contribution is 2.48. The number of thiophene rings is 3. The Balaban J connectivity index is 0.000000161. The molecule has 6 aromatic carbocycles. The number of benzene rings is 6. The predicted octanol–water partition coefficient (Wildman–Crippen LogP) is 14.4. The average molecular weight is 1220 g/mol. The summed E-state index contributed by atoms with van der Waals surface area (Å²) in [5.74, 6) is -0.735. The van der Waals surface area contributed by atoms with Gasteiger partial charge in [-0.3, -0.25) is 19.2 Å². The number of hydrogen-bond acceptors (Lipinski definition) is 13. The van der Waals surface area contributed by atoms with Gasteiger partial charge < -0.3 is 40.6 Å². The number of carboxylic acid groups (broad SMARTS) is 2. The highest BCUT2D eigenvalue weighted by atomic mass is 35.5. The molecular formula is C57H42Cl5N3O11S3. The predicted molar refractivity (Wildman–Crippen MR) is 316 cm³/mol. The standard InChI is InChI=1S/C32H24Cl2N2O4S.C13H12ClNO.C6H2Cl2O2S.C6H4O4S/c33-12-18-14-35(24-10-26(37)20-5-1-3-7-22(20)29(18)24)31(39)17-9-28(41-16-17)32(40)36-15-19(13-34)30-23-8-4-2-6-21(23)27(38)11-25(30)36;14-6-8-7-15-11-5-12(16)9-3-1-2-4-10(9)13(8)11;7-5(9)3-1-4(6(8)10)11-2-3;7-5(8)3-1-4(6(9)10)11-2-3/h1-11,16,18-19,37-38H,12-15H2;1-5,8,15-16H,6-7H2;1-2H;1-2H,(H,7,8)(H,9,10)/t18-,19-;8-;;/m11../s1. The zero-order chi connectivity index (χ0) is 56.4. The highest BCUT2D eigenvalue weighted by molar-refractivity contribution is 7.14. The molecule has 0 fully saturated rings. The van der Waals surface area contributed by atoms with E-state index in [0.29, 0.717) is 74.7 Å². The number of carbonyl (C=O) groups excluding carboxylic acids is 4. The zero-order valence-corrected chi connectivity index (χ0v) is 47.0. The molecule has 12 rings (SSSR count). The molecule has 22 heteroatoms. The van der Waals surface area contributed by atoms with E-state index in [1.807, 2.05) is 72.8 Å². The van der Waals surface area contributed by atoms with Crippen LogP contribution in [0.15, 0.2) is 125 Å². The Morgan fingerprint density at radius 3 is 1.33 bits per heavy atom. The Hall–Kier alpha value is -6.93. The lowest BCUT2D eigenvalue weighted by Crippen LogP contribution is -2.30. The van der Waals surface area contributed by atoms with Crippen molar-refractivity contribution >= 4 is 176 Å². The lowest BCUT2D eigenvalue weighted by atomic mass is 9.95. The van der Waals surface area contributed by atoms with Gasteiger partial charge >= 0.3 is 11.9 Å². The Bertz CT molecular complexity index is 3650. The van der Waals surface area contributed by atoms with E-state index in [9.17, 15) is 44.1 Å². The number of phenols is 3. The summed E-state index contributed by atoms with van der Waals surface area (Å²) in [6.07, 6.45) is 0. The SMILES string of the molecule is O=C(Cl)c1csc(C(=O)Cl)c1.O=C(O)c1csc(C(=O)O)c1.O=C(c1csc(C(=O)N2C[C@@H](CCl)c3c2cc(O)c2ccccc32)c1)N1C[C@@H](CCl)c2c1cc(O)c1ccccc21.Oc1cc2c(c3ccccc13)[C@H](CCl)CN2. The van der Waals surface area contributed by atoms with Crippen molar-refractivity contribution < 1.29 is 54.3 Å². The molecule has 0 radical (unpaired) electrons. The first kappa shape index (κ1) is 56.8. The number of anilines is 3. The fourth-order valence-electron chi connectivity index (χ4n) is 9.87. The maximum Gasteiger partial charge on any atom is 0.345 e. The number of aromatic carboxylic acids is 2. The minimum atomic E-state index is -1.10. The van der Waals surface area contributed by atoms with E-state index in [-0.39, 0.29) is 45.6 Å². The number of amides is 2. The molecule has 0 bridgehead atoms. The normalized spacial score (nSPS) is 15.6. The van der Waals surface area contributed by atoms with E-state index in [1.54, 1.807) is 39.4 Å². The fourth-order valence-corrected chi connectivity index (χ4v) is 13.3. The van der Waals surface area contributed by atoms with E-state index in [0.717, 1.165) is 84.4 Å². The van der Waals surface area contributed by atoms with Gasteiger partial charge in [0.15, 0.2) is 0 Å². The number of carbonyl (C=O) groups is 6. The van der Waals surface area contributed by atoms with Gasteiger partial charge in [0, 0.05) is 117 Å². The molecule has 79 heavy (non-hydrogen) atoms. The van der Waals surface area contributed by atoms with Crippen LogP contribution in [0.4, 0.5) is 17.1 Å². The van der Waals surface area contributed by atoms with Crippen LogP contribution in [0.5, 0.6) is 17.2 Å². The quantitative estimate of drug-likeness (QED) is 0.0587. The second kappa shape index (κ2) is 24.2. The molecule has 404 valence electrons. The largest absolute Gasteiger partial charge is 0.507 e. The second-order valence-corrected chi connectivity index (χ2v) is 22.5. The average Bonchev–Trinajstić information content (AvgIpc) is 4.51. The monoisotopic (exact) mass is 1220 g/mol. The van der Waals surface area contributed by atoms with Gasteiger partial charge in [0.25, 0.3) is 22.3 Å². The maximum atomic E-state index is 13.8. The smallest absolute Gasteiger partial charge is 0.345 e. The summed E-state index contributed by atoms with van der Waals surface area (Å²) >= 11 is 32.2. The van der Waals surface area contributed by atoms with E-state index < -0.39 is 22.4 Å². The lowest BCUT2D eigenvalue weighted by Gasteiger charge is -2.18. The van der Waals surface area contributed by atoms with Gasteiger partial charge in [0.1, 0.15) is 22.1 Å². The van der Waals surface area contributed by atoms with Crippen LogP contribution in [0, 0.1) is 0 Å². The van der Waals surface area contributed by atoms with Crippen LogP contribution < -0.4 is 15.1 Å². The Labute approximate surface area is 487 Å². The molecule has 3 aliphatic heterocycles. The first-order valence-electron chi connectivity index (χ1n) is 23.9. The molecule has 2 amide bonds. The molecule has 0 aliphatic carbocycles.